The van der Waals surface area contributed by atoms with Crippen LogP contribution in [0.3, 0.4) is 0 Å². The van der Waals surface area contributed by atoms with Crippen LogP contribution in [0.1, 0.15) is 20.3 Å². The van der Waals surface area contributed by atoms with Crippen LogP contribution < -0.4 is 0 Å². The molecule has 0 bridgehead atoms. The first-order valence-electron chi connectivity index (χ1n) is 7.53. The van der Waals surface area contributed by atoms with Crippen LogP contribution in [0.5, 0.6) is 0 Å². The van der Waals surface area contributed by atoms with Crippen molar-refractivity contribution in [3.63, 3.8) is 0 Å². The van der Waals surface area contributed by atoms with Crippen molar-refractivity contribution in [1.29, 1.82) is 0 Å². The van der Waals surface area contributed by atoms with E-state index in [2.05, 4.69) is 0 Å². The van der Waals surface area contributed by atoms with Crippen molar-refractivity contribution in [2.75, 3.05) is 13.7 Å². The molecule has 4 N–H and O–H groups in total. The van der Waals surface area contributed by atoms with Crippen LogP contribution >= 0.6 is 0 Å². The van der Waals surface area contributed by atoms with Gasteiger partial charge in [0.25, 0.3) is 0 Å². The van der Waals surface area contributed by atoms with E-state index in [-0.39, 0.29) is 18.3 Å². The molecule has 22 heavy (non-hydrogen) atoms. The number of hydrogen-bond donors (Lipinski definition) is 4. The third kappa shape index (κ3) is 3.60. The molecule has 9 atom stereocenters. The van der Waals surface area contributed by atoms with Gasteiger partial charge in [-0.2, -0.15) is 0 Å². The summed E-state index contributed by atoms with van der Waals surface area (Å²) in [7, 11) is 1.57. The maximum absolute atomic E-state index is 10.0. The number of hydrogen-bond acceptors (Lipinski definition) is 8. The summed E-state index contributed by atoms with van der Waals surface area (Å²) in [5.41, 5.74) is 0. The zero-order valence-corrected chi connectivity index (χ0v) is 13.0. The number of rotatable bonds is 4. The Hall–Kier alpha value is -0.320. The zero-order chi connectivity index (χ0) is 16.4. The summed E-state index contributed by atoms with van der Waals surface area (Å²) in [6.45, 7) is 3.27. The Morgan fingerprint density at radius 1 is 1.05 bits per heavy atom. The zero-order valence-electron chi connectivity index (χ0n) is 13.0. The van der Waals surface area contributed by atoms with Crippen molar-refractivity contribution >= 4 is 0 Å². The fourth-order valence-electron chi connectivity index (χ4n) is 3.03. The summed E-state index contributed by atoms with van der Waals surface area (Å²) in [4.78, 5) is 0. The fourth-order valence-corrected chi connectivity index (χ4v) is 3.03. The largest absolute Gasteiger partial charge is 0.394 e. The lowest BCUT2D eigenvalue weighted by molar-refractivity contribution is -0.332. The Morgan fingerprint density at radius 3 is 2.32 bits per heavy atom. The molecule has 130 valence electrons. The van der Waals surface area contributed by atoms with Gasteiger partial charge in [-0.05, 0) is 13.8 Å². The van der Waals surface area contributed by atoms with Crippen LogP contribution in [-0.4, -0.2) is 89.3 Å². The lowest BCUT2D eigenvalue weighted by atomic mass is 9.97. The molecule has 0 saturated carbocycles. The molecule has 8 heteroatoms. The molecule has 0 aromatic heterocycles. The van der Waals surface area contributed by atoms with Crippen molar-refractivity contribution in [1.82, 2.24) is 0 Å². The molecule has 0 aliphatic carbocycles. The molecule has 0 aromatic carbocycles. The predicted octanol–water partition coefficient (Wildman–Crippen LogP) is -1.62. The smallest absolute Gasteiger partial charge is 0.187 e. The van der Waals surface area contributed by atoms with Crippen molar-refractivity contribution in [2.24, 2.45) is 0 Å². The summed E-state index contributed by atoms with van der Waals surface area (Å²) >= 11 is 0. The molecule has 2 fully saturated rings. The van der Waals surface area contributed by atoms with Gasteiger partial charge < -0.3 is 39.4 Å². The number of aliphatic hydroxyl groups excluding tert-OH is 4. The van der Waals surface area contributed by atoms with Gasteiger partial charge in [0.05, 0.1) is 24.9 Å². The maximum Gasteiger partial charge on any atom is 0.187 e. The van der Waals surface area contributed by atoms with Gasteiger partial charge in [-0.1, -0.05) is 0 Å². The summed E-state index contributed by atoms with van der Waals surface area (Å²) in [6.07, 6.45) is -6.86. The fraction of sp³-hybridized carbons (Fsp3) is 1.00. The Bertz CT molecular complexity index is 352. The molecule has 0 radical (unpaired) electrons. The normalized spacial score (nSPS) is 50.0. The minimum atomic E-state index is -1.46. The summed E-state index contributed by atoms with van der Waals surface area (Å²) in [5.74, 6) is 0. The molecule has 0 amide bonds. The van der Waals surface area contributed by atoms with Gasteiger partial charge in [-0.3, -0.25) is 0 Å². The highest BCUT2D eigenvalue weighted by atomic mass is 16.7. The number of methoxy groups -OCH3 is 1. The topological polar surface area (TPSA) is 118 Å². The Kier molecular flexibility index (Phi) is 6.14. The van der Waals surface area contributed by atoms with E-state index in [1.807, 2.05) is 13.8 Å². The highest BCUT2D eigenvalue weighted by molar-refractivity contribution is 4.91. The summed E-state index contributed by atoms with van der Waals surface area (Å²) in [6, 6.07) is 0. The van der Waals surface area contributed by atoms with E-state index in [0.717, 1.165) is 0 Å². The molecule has 8 nitrogen and oxygen atoms in total. The first-order chi connectivity index (χ1) is 10.4. The lowest BCUT2D eigenvalue weighted by Gasteiger charge is -2.44. The standard InChI is InChI=1S/C14H26O8/c1-6-4-8(19-3)13(7(2)20-6)22-14-12(18)11(17)10(16)9(5-15)21-14/h6-18H,4-5H2,1-3H3/t6-,7?,8?,9-,10-,11+,12-,13?,14?/m1/s1. The van der Waals surface area contributed by atoms with Gasteiger partial charge in [-0.25, -0.2) is 0 Å². The van der Waals surface area contributed by atoms with E-state index >= 15 is 0 Å². The summed E-state index contributed by atoms with van der Waals surface area (Å²) in [5, 5.41) is 38.8. The van der Waals surface area contributed by atoms with Crippen molar-refractivity contribution < 1.29 is 39.4 Å². The third-order valence-electron chi connectivity index (χ3n) is 4.28. The molecule has 2 aliphatic heterocycles. The van der Waals surface area contributed by atoms with Crippen LogP contribution in [-0.2, 0) is 18.9 Å². The van der Waals surface area contributed by atoms with E-state index in [4.69, 9.17) is 18.9 Å². The van der Waals surface area contributed by atoms with Crippen LogP contribution in [0.25, 0.3) is 0 Å². The van der Waals surface area contributed by atoms with Gasteiger partial charge in [0.1, 0.15) is 30.5 Å². The molecule has 0 aromatic rings. The molecular weight excluding hydrogens is 296 g/mol. The SMILES string of the molecule is COC1C[C@@H](C)OC(C)C1OC1O[C@H](CO)[C@@H](O)[C@H](O)[C@H]1O. The molecule has 2 aliphatic rings. The molecule has 0 spiro atoms. The first kappa shape index (κ1) is 18.0. The van der Waals surface area contributed by atoms with Crippen molar-refractivity contribution in [2.45, 2.75) is 75.4 Å². The van der Waals surface area contributed by atoms with Gasteiger partial charge in [0, 0.05) is 13.5 Å². The second kappa shape index (κ2) is 7.50. The number of ether oxygens (including phenoxy) is 4. The van der Waals surface area contributed by atoms with E-state index in [1.54, 1.807) is 7.11 Å². The number of aliphatic hydroxyl groups is 4. The Morgan fingerprint density at radius 2 is 1.73 bits per heavy atom. The first-order valence-corrected chi connectivity index (χ1v) is 7.53. The van der Waals surface area contributed by atoms with Gasteiger partial charge >= 0.3 is 0 Å². The molecule has 2 saturated heterocycles. The quantitative estimate of drug-likeness (QED) is 0.488. The average Bonchev–Trinajstić information content (AvgIpc) is 2.49. The minimum absolute atomic E-state index is 0.0228. The van der Waals surface area contributed by atoms with Gasteiger partial charge in [0.2, 0.25) is 0 Å². The molecule has 2 heterocycles. The third-order valence-corrected chi connectivity index (χ3v) is 4.28. The van der Waals surface area contributed by atoms with Crippen molar-refractivity contribution in [3.8, 4) is 0 Å². The van der Waals surface area contributed by atoms with Crippen LogP contribution in [0.2, 0.25) is 0 Å². The second-order valence-corrected chi connectivity index (χ2v) is 5.96. The van der Waals surface area contributed by atoms with Gasteiger partial charge in [-0.15, -0.1) is 0 Å². The molecule has 4 unspecified atom stereocenters. The van der Waals surface area contributed by atoms with E-state index in [0.29, 0.717) is 6.42 Å². The second-order valence-electron chi connectivity index (χ2n) is 5.96. The maximum atomic E-state index is 10.0. The summed E-state index contributed by atoms with van der Waals surface area (Å²) < 4.78 is 22.2. The highest BCUT2D eigenvalue weighted by Crippen LogP contribution is 2.29. The van der Waals surface area contributed by atoms with Gasteiger partial charge in [0.15, 0.2) is 6.29 Å². The van der Waals surface area contributed by atoms with Crippen molar-refractivity contribution in [3.05, 3.63) is 0 Å². The van der Waals surface area contributed by atoms with Crippen LogP contribution in [0.4, 0.5) is 0 Å². The van der Waals surface area contributed by atoms with Crippen LogP contribution in [0.15, 0.2) is 0 Å². The van der Waals surface area contributed by atoms with E-state index in [9.17, 15) is 20.4 Å². The van der Waals surface area contributed by atoms with E-state index in [1.165, 1.54) is 0 Å². The average molecular weight is 322 g/mol. The Labute approximate surface area is 129 Å². The predicted molar refractivity (Wildman–Crippen MR) is 74.1 cm³/mol. The molecule has 2 rings (SSSR count). The highest BCUT2D eigenvalue weighted by Gasteiger charge is 2.47. The minimum Gasteiger partial charge on any atom is -0.394 e. The monoisotopic (exact) mass is 322 g/mol. The molecular formula is C14H26O8. The van der Waals surface area contributed by atoms with E-state index < -0.39 is 43.4 Å². The lowest BCUT2D eigenvalue weighted by Crippen LogP contribution is -2.61. The van der Waals surface area contributed by atoms with Crippen LogP contribution in [0, 0.1) is 0 Å². The Balaban J connectivity index is 2.07.